The van der Waals surface area contributed by atoms with Gasteiger partial charge in [-0.05, 0) is 31.4 Å². The van der Waals surface area contributed by atoms with Crippen molar-refractivity contribution in [1.29, 1.82) is 0 Å². The second-order valence-corrected chi connectivity index (χ2v) is 7.23. The van der Waals surface area contributed by atoms with Gasteiger partial charge in [0.2, 0.25) is 6.79 Å². The Morgan fingerprint density at radius 1 is 1.07 bits per heavy atom. The molecule has 0 radical (unpaired) electrons. The maximum atomic E-state index is 12.7. The summed E-state index contributed by atoms with van der Waals surface area (Å²) in [5.41, 5.74) is 0.828. The van der Waals surface area contributed by atoms with Crippen molar-refractivity contribution >= 4 is 23.3 Å². The predicted octanol–water partition coefficient (Wildman–Crippen LogP) is 3.22. The fourth-order valence-electron chi connectivity index (χ4n) is 3.69. The quantitative estimate of drug-likeness (QED) is 0.597. The first-order valence-corrected chi connectivity index (χ1v) is 9.47. The molecule has 29 heavy (non-hydrogen) atoms. The molecule has 1 aliphatic heterocycles. The lowest BCUT2D eigenvalue weighted by molar-refractivity contribution is -0.156. The Balaban J connectivity index is 1.43. The Morgan fingerprint density at radius 3 is 2.38 bits per heavy atom. The molecular formula is C22H21NO6. The van der Waals surface area contributed by atoms with Crippen molar-refractivity contribution in [2.45, 2.75) is 31.6 Å². The van der Waals surface area contributed by atoms with Crippen molar-refractivity contribution in [2.24, 2.45) is 0 Å². The minimum absolute atomic E-state index is 0.0588. The summed E-state index contributed by atoms with van der Waals surface area (Å²) in [7, 11) is 0. The third kappa shape index (κ3) is 3.55. The number of Topliss-reactive ketones (excluding diaryl/α,β-unsaturated/α-hetero) is 1. The fourth-order valence-corrected chi connectivity index (χ4v) is 3.69. The third-order valence-electron chi connectivity index (χ3n) is 5.42. The predicted molar refractivity (Wildman–Crippen MR) is 104 cm³/mol. The summed E-state index contributed by atoms with van der Waals surface area (Å²) in [6, 6.07) is 12.6. The van der Waals surface area contributed by atoms with Gasteiger partial charge in [-0.25, -0.2) is 0 Å². The Kier molecular flexibility index (Phi) is 4.96. The average molecular weight is 395 g/mol. The van der Waals surface area contributed by atoms with Crippen LogP contribution in [0.3, 0.4) is 0 Å². The zero-order chi connectivity index (χ0) is 20.4. The molecule has 0 spiro atoms. The van der Waals surface area contributed by atoms with E-state index in [4.69, 9.17) is 14.2 Å². The van der Waals surface area contributed by atoms with E-state index in [0.717, 1.165) is 12.0 Å². The molecule has 2 aromatic rings. The van der Waals surface area contributed by atoms with Crippen LogP contribution in [0.1, 0.15) is 42.1 Å². The second-order valence-electron chi connectivity index (χ2n) is 7.23. The molecule has 1 heterocycles. The summed E-state index contributed by atoms with van der Waals surface area (Å²) in [6.45, 7) is 1.02. The molecule has 1 fully saturated rings. The lowest BCUT2D eigenvalue weighted by atomic mass is 9.64. The first-order chi connectivity index (χ1) is 14.0. The Labute approximate surface area is 168 Å². The van der Waals surface area contributed by atoms with Gasteiger partial charge in [-0.15, -0.1) is 0 Å². The van der Waals surface area contributed by atoms with Crippen LogP contribution in [0.15, 0.2) is 42.5 Å². The van der Waals surface area contributed by atoms with Crippen molar-refractivity contribution in [3.8, 4) is 11.5 Å². The van der Waals surface area contributed by atoms with Gasteiger partial charge in [0.1, 0.15) is 0 Å². The molecule has 2 aromatic carbocycles. The second kappa shape index (κ2) is 7.58. The Morgan fingerprint density at radius 2 is 1.76 bits per heavy atom. The number of fused-ring (bicyclic) bond motifs is 1. The number of hydrogen-bond acceptors (Lipinski definition) is 6. The first-order valence-electron chi connectivity index (χ1n) is 9.47. The molecule has 1 amide bonds. The molecule has 7 nitrogen and oxygen atoms in total. The monoisotopic (exact) mass is 395 g/mol. The number of hydrogen-bond donors (Lipinski definition) is 1. The Bertz CT molecular complexity index is 965. The van der Waals surface area contributed by atoms with E-state index in [9.17, 15) is 14.4 Å². The van der Waals surface area contributed by atoms with Gasteiger partial charge in [0.25, 0.3) is 5.91 Å². The summed E-state index contributed by atoms with van der Waals surface area (Å²) in [4.78, 5) is 37.0. The number of carbonyl (C=O) groups excluding carboxylic acids is 3. The van der Waals surface area contributed by atoms with Crippen molar-refractivity contribution in [1.82, 2.24) is 0 Å². The van der Waals surface area contributed by atoms with Gasteiger partial charge in [0.05, 0.1) is 11.1 Å². The average Bonchev–Trinajstić information content (AvgIpc) is 3.13. The van der Waals surface area contributed by atoms with Crippen LogP contribution >= 0.6 is 0 Å². The van der Waals surface area contributed by atoms with Crippen LogP contribution in [-0.2, 0) is 19.7 Å². The van der Waals surface area contributed by atoms with Crippen LogP contribution in [0, 0.1) is 0 Å². The number of anilines is 1. The van der Waals surface area contributed by atoms with Crippen LogP contribution in [0.25, 0.3) is 0 Å². The molecule has 0 bridgehead atoms. The zero-order valence-electron chi connectivity index (χ0n) is 16.0. The van der Waals surface area contributed by atoms with Crippen molar-refractivity contribution in [2.75, 3.05) is 18.7 Å². The lowest BCUT2D eigenvalue weighted by Crippen LogP contribution is -2.44. The summed E-state index contributed by atoms with van der Waals surface area (Å²) in [6.07, 6.45) is 2.34. The number of rotatable bonds is 6. The van der Waals surface area contributed by atoms with Crippen LogP contribution in [0.5, 0.6) is 11.5 Å². The highest BCUT2D eigenvalue weighted by Gasteiger charge is 2.47. The molecule has 7 heteroatoms. The topological polar surface area (TPSA) is 90.9 Å². The fraction of sp³-hybridized carbons (Fsp3) is 0.318. The number of ketones is 1. The van der Waals surface area contributed by atoms with E-state index in [1.54, 1.807) is 0 Å². The summed E-state index contributed by atoms with van der Waals surface area (Å²) in [5, 5.41) is 2.63. The maximum absolute atomic E-state index is 12.7. The number of benzene rings is 2. The number of carbonyl (C=O) groups is 3. The summed E-state index contributed by atoms with van der Waals surface area (Å²) < 4.78 is 15.9. The first kappa shape index (κ1) is 19.0. The van der Waals surface area contributed by atoms with E-state index < -0.39 is 23.9 Å². The number of nitrogens with one attached hydrogen (secondary N) is 1. The number of esters is 1. The van der Waals surface area contributed by atoms with E-state index in [2.05, 4.69) is 5.32 Å². The zero-order valence-corrected chi connectivity index (χ0v) is 16.0. The summed E-state index contributed by atoms with van der Waals surface area (Å²) in [5.74, 6) is -0.257. The maximum Gasteiger partial charge on any atom is 0.317 e. The largest absolute Gasteiger partial charge is 0.455 e. The van der Waals surface area contributed by atoms with Gasteiger partial charge < -0.3 is 19.5 Å². The minimum atomic E-state index is -0.676. The van der Waals surface area contributed by atoms with E-state index in [0.29, 0.717) is 35.6 Å². The SMILES string of the molecule is CC(=O)c1cc2c(cc1NC(=O)COC(=O)C1(c3ccccc3)CCC1)OCO2. The third-order valence-corrected chi connectivity index (χ3v) is 5.42. The molecule has 0 saturated heterocycles. The van der Waals surface area contributed by atoms with Crippen molar-refractivity contribution in [3.63, 3.8) is 0 Å². The normalized spacial score (nSPS) is 15.9. The highest BCUT2D eigenvalue weighted by Crippen LogP contribution is 2.44. The van der Waals surface area contributed by atoms with Gasteiger partial charge in [0, 0.05) is 11.6 Å². The van der Waals surface area contributed by atoms with Crippen LogP contribution in [0.2, 0.25) is 0 Å². The van der Waals surface area contributed by atoms with Crippen molar-refractivity contribution in [3.05, 3.63) is 53.6 Å². The lowest BCUT2D eigenvalue weighted by Gasteiger charge is -2.39. The van der Waals surface area contributed by atoms with Crippen LogP contribution in [-0.4, -0.2) is 31.1 Å². The van der Waals surface area contributed by atoms with Crippen LogP contribution in [0.4, 0.5) is 5.69 Å². The standard InChI is InChI=1S/C22H21NO6/c1-14(24)16-10-18-19(29-13-28-18)11-17(16)23-20(25)12-27-21(26)22(8-5-9-22)15-6-3-2-4-7-15/h2-4,6-7,10-11H,5,8-9,12-13H2,1H3,(H,23,25). The molecule has 0 aromatic heterocycles. The smallest absolute Gasteiger partial charge is 0.317 e. The molecule has 1 saturated carbocycles. The highest BCUT2D eigenvalue weighted by molar-refractivity contribution is 6.05. The molecule has 1 N–H and O–H groups in total. The molecule has 0 unspecified atom stereocenters. The van der Waals surface area contributed by atoms with Gasteiger partial charge in [-0.2, -0.15) is 0 Å². The molecule has 2 aliphatic rings. The molecule has 1 aliphatic carbocycles. The molecule has 4 rings (SSSR count). The van der Waals surface area contributed by atoms with Gasteiger partial charge >= 0.3 is 5.97 Å². The van der Waals surface area contributed by atoms with Gasteiger partial charge in [-0.3, -0.25) is 14.4 Å². The van der Waals surface area contributed by atoms with Gasteiger partial charge in [-0.1, -0.05) is 36.8 Å². The number of amides is 1. The van der Waals surface area contributed by atoms with E-state index in [1.807, 2.05) is 30.3 Å². The summed E-state index contributed by atoms with van der Waals surface area (Å²) >= 11 is 0. The Hall–Kier alpha value is -3.35. The van der Waals surface area contributed by atoms with Crippen LogP contribution < -0.4 is 14.8 Å². The van der Waals surface area contributed by atoms with E-state index in [-0.39, 0.29) is 12.6 Å². The highest BCUT2D eigenvalue weighted by atomic mass is 16.7. The van der Waals surface area contributed by atoms with Gasteiger partial charge in [0.15, 0.2) is 23.9 Å². The number of ether oxygens (including phenoxy) is 3. The molecule has 150 valence electrons. The minimum Gasteiger partial charge on any atom is -0.455 e. The van der Waals surface area contributed by atoms with E-state index >= 15 is 0 Å². The molecule has 0 atom stereocenters. The molecular weight excluding hydrogens is 374 g/mol. The van der Waals surface area contributed by atoms with Crippen molar-refractivity contribution < 1.29 is 28.6 Å². The van der Waals surface area contributed by atoms with E-state index in [1.165, 1.54) is 19.1 Å².